The van der Waals surface area contributed by atoms with Gasteiger partial charge in [0.05, 0.1) is 0 Å². The molecule has 0 heterocycles. The maximum absolute atomic E-state index is 8.88. The second-order valence-corrected chi connectivity index (χ2v) is 1.82. The third-order valence-corrected chi connectivity index (χ3v) is 0. The number of phosphoric acid groups is 1. The number of hydrogen-bond acceptors (Lipinski definition) is 2. The summed E-state index contributed by atoms with van der Waals surface area (Å²) >= 11 is 0. The van der Waals surface area contributed by atoms with Gasteiger partial charge >= 0.3 is 51.7 Å². The predicted octanol–water partition coefficient (Wildman–Crippen LogP) is -1.62. The van der Waals surface area contributed by atoms with Crippen molar-refractivity contribution in [1.82, 2.24) is 0 Å². The van der Waals surface area contributed by atoms with Crippen molar-refractivity contribution in [2.24, 2.45) is 0 Å². The molecule has 0 aliphatic heterocycles. The summed E-state index contributed by atoms with van der Waals surface area (Å²) in [6.45, 7) is 0. The van der Waals surface area contributed by atoms with Gasteiger partial charge in [0.25, 0.3) is 0 Å². The minimum absolute atomic E-state index is 0. The zero-order valence-corrected chi connectivity index (χ0v) is 4.89. The Labute approximate surface area is 85.5 Å². The fourth-order valence-electron chi connectivity index (χ4n) is 0. The van der Waals surface area contributed by atoms with Gasteiger partial charge in [-0.2, -0.15) is 0 Å². The Hall–Kier alpha value is 0.640. The van der Waals surface area contributed by atoms with Crippen molar-refractivity contribution < 1.29 is 34.3 Å². The standard InChI is InChI=1S/CH2O3.Ca.H3O4P.2H/c2-1(3)4;;1-5(2,3)4;;/h(H2,2,3,4);;(H3,1,2,3,4);;. The van der Waals surface area contributed by atoms with E-state index in [1.54, 1.807) is 0 Å². The molecule has 0 bridgehead atoms. The molecule has 0 aromatic heterocycles. The quantitative estimate of drug-likeness (QED) is 0.235. The first-order valence-corrected chi connectivity index (χ1v) is 3.00. The summed E-state index contributed by atoms with van der Waals surface area (Å²) in [4.78, 5) is 30.1. The zero-order valence-electron chi connectivity index (χ0n) is 4.00. The molecule has 9 heteroatoms. The van der Waals surface area contributed by atoms with Crippen LogP contribution in [0.3, 0.4) is 0 Å². The molecule has 0 radical (unpaired) electrons. The molecule has 0 atom stereocenters. The molecular formula is CH7CaO7P. The number of carboxylic acid groups (broad SMARTS) is 2. The summed E-state index contributed by atoms with van der Waals surface area (Å²) in [5.41, 5.74) is 0. The summed E-state index contributed by atoms with van der Waals surface area (Å²) in [5, 5.41) is 13.9. The first-order chi connectivity index (χ1) is 3.73. The van der Waals surface area contributed by atoms with E-state index in [4.69, 9.17) is 34.3 Å². The van der Waals surface area contributed by atoms with Gasteiger partial charge < -0.3 is 24.9 Å². The van der Waals surface area contributed by atoms with Crippen molar-refractivity contribution in [1.29, 1.82) is 0 Å². The average molecular weight is 202 g/mol. The van der Waals surface area contributed by atoms with E-state index >= 15 is 0 Å². The molecule has 60 valence electrons. The summed E-state index contributed by atoms with van der Waals surface area (Å²) in [5.74, 6) is 0. The van der Waals surface area contributed by atoms with Gasteiger partial charge in [-0.25, -0.2) is 9.36 Å². The molecule has 0 aromatic rings. The van der Waals surface area contributed by atoms with Gasteiger partial charge in [-0.1, -0.05) is 0 Å². The van der Waals surface area contributed by atoms with Gasteiger partial charge in [0.2, 0.25) is 0 Å². The third-order valence-electron chi connectivity index (χ3n) is 0. The SMILES string of the molecule is O=C(O)O.O=P(O)(O)O.[CaH2]. The van der Waals surface area contributed by atoms with Gasteiger partial charge in [0, 0.05) is 0 Å². The summed E-state index contributed by atoms with van der Waals surface area (Å²) < 4.78 is 8.88. The monoisotopic (exact) mass is 202 g/mol. The molecule has 0 spiro atoms. The molecule has 7 nitrogen and oxygen atoms in total. The summed E-state index contributed by atoms with van der Waals surface area (Å²) in [6, 6.07) is 0. The van der Waals surface area contributed by atoms with Crippen LogP contribution in [0.1, 0.15) is 0 Å². The normalized spacial score (nSPS) is 8.30. The Balaban J connectivity index is -0.0000000910. The Morgan fingerprint density at radius 3 is 1.10 bits per heavy atom. The molecule has 10 heavy (non-hydrogen) atoms. The van der Waals surface area contributed by atoms with Crippen LogP contribution in [0.2, 0.25) is 0 Å². The van der Waals surface area contributed by atoms with Crippen molar-refractivity contribution >= 4 is 51.7 Å². The van der Waals surface area contributed by atoms with E-state index in [0.29, 0.717) is 0 Å². The Kier molecular flexibility index (Phi) is 13.1. The molecule has 5 N–H and O–H groups in total. The molecule has 0 aliphatic carbocycles. The van der Waals surface area contributed by atoms with Crippen LogP contribution in [-0.2, 0) is 4.57 Å². The van der Waals surface area contributed by atoms with E-state index in [1.165, 1.54) is 0 Å². The average Bonchev–Trinajstić information content (AvgIpc) is 1.19. The number of hydrogen-bond donors (Lipinski definition) is 5. The van der Waals surface area contributed by atoms with Crippen molar-refractivity contribution in [2.45, 2.75) is 0 Å². The molecule has 0 amide bonds. The summed E-state index contributed by atoms with van der Waals surface area (Å²) in [7, 11) is -4.64. The van der Waals surface area contributed by atoms with Gasteiger partial charge in [-0.15, -0.1) is 0 Å². The molecular weight excluding hydrogens is 195 g/mol. The zero-order chi connectivity index (χ0) is 8.08. The fraction of sp³-hybridized carbons (Fsp3) is 0. The van der Waals surface area contributed by atoms with Crippen LogP contribution >= 0.6 is 7.82 Å². The van der Waals surface area contributed by atoms with Gasteiger partial charge in [-0.05, 0) is 0 Å². The Bertz CT molecular complexity index is 113. The van der Waals surface area contributed by atoms with Crippen LogP contribution < -0.4 is 0 Å². The van der Waals surface area contributed by atoms with Crippen molar-refractivity contribution in [2.75, 3.05) is 0 Å². The topological polar surface area (TPSA) is 135 Å². The molecule has 0 fully saturated rings. The second-order valence-electron chi connectivity index (χ2n) is 0.796. The van der Waals surface area contributed by atoms with E-state index in [9.17, 15) is 0 Å². The van der Waals surface area contributed by atoms with Crippen LogP contribution in [0.4, 0.5) is 4.79 Å². The first kappa shape index (κ1) is 16.9. The van der Waals surface area contributed by atoms with E-state index < -0.39 is 14.0 Å². The molecule has 0 saturated heterocycles. The van der Waals surface area contributed by atoms with Crippen molar-refractivity contribution in [3.05, 3.63) is 0 Å². The van der Waals surface area contributed by atoms with E-state index in [-0.39, 0.29) is 37.7 Å². The molecule has 0 unspecified atom stereocenters. The summed E-state index contributed by atoms with van der Waals surface area (Å²) in [6.07, 6.45) is -1.83. The maximum atomic E-state index is 8.88. The first-order valence-electron chi connectivity index (χ1n) is 1.43. The van der Waals surface area contributed by atoms with Crippen LogP contribution in [-0.4, -0.2) is 68.8 Å². The van der Waals surface area contributed by atoms with Gasteiger partial charge in [-0.3, -0.25) is 0 Å². The molecule has 0 aliphatic rings. The number of carbonyl (C=O) groups is 1. The molecule has 0 rings (SSSR count). The number of rotatable bonds is 0. The van der Waals surface area contributed by atoms with Crippen LogP contribution in [0, 0.1) is 0 Å². The van der Waals surface area contributed by atoms with Crippen LogP contribution in [0.5, 0.6) is 0 Å². The van der Waals surface area contributed by atoms with Gasteiger partial charge in [0.15, 0.2) is 0 Å². The van der Waals surface area contributed by atoms with Gasteiger partial charge in [0.1, 0.15) is 0 Å². The fourth-order valence-corrected chi connectivity index (χ4v) is 0. The van der Waals surface area contributed by atoms with Crippen molar-refractivity contribution in [3.8, 4) is 0 Å². The third kappa shape index (κ3) is 1230. The molecule has 0 saturated carbocycles. The van der Waals surface area contributed by atoms with E-state index in [1.807, 2.05) is 0 Å². The van der Waals surface area contributed by atoms with Crippen molar-refractivity contribution in [3.63, 3.8) is 0 Å². The van der Waals surface area contributed by atoms with E-state index in [2.05, 4.69) is 0 Å². The minimum atomic E-state index is -4.64. The van der Waals surface area contributed by atoms with E-state index in [0.717, 1.165) is 0 Å². The van der Waals surface area contributed by atoms with Crippen LogP contribution in [0.25, 0.3) is 0 Å². The Morgan fingerprint density at radius 1 is 1.10 bits per heavy atom. The van der Waals surface area contributed by atoms with Crippen LogP contribution in [0.15, 0.2) is 0 Å². The second kappa shape index (κ2) is 7.74. The Morgan fingerprint density at radius 2 is 1.10 bits per heavy atom. The molecule has 0 aromatic carbocycles. The predicted molar refractivity (Wildman–Crippen MR) is 33.5 cm³/mol.